The Morgan fingerprint density at radius 2 is 2.00 bits per heavy atom. The summed E-state index contributed by atoms with van der Waals surface area (Å²) in [5.41, 5.74) is 2.55. The lowest BCUT2D eigenvalue weighted by Crippen LogP contribution is -2.35. The molecule has 2 atom stereocenters. The Kier molecular flexibility index (Phi) is 5.42. The number of nitrogens with zero attached hydrogens (tertiary/aromatic N) is 3. The van der Waals surface area contributed by atoms with Crippen LogP contribution in [-0.4, -0.2) is 60.7 Å². The lowest BCUT2D eigenvalue weighted by Gasteiger charge is -2.34. The van der Waals surface area contributed by atoms with E-state index in [0.29, 0.717) is 25.6 Å². The number of likely N-dealkylation sites (tertiary alicyclic amines) is 2. The molecule has 0 saturated carbocycles. The Balaban J connectivity index is 1.72. The normalized spacial score (nSPS) is 24.6. The number of hydrogen-bond donors (Lipinski definition) is 0. The molecule has 136 valence electrons. The van der Waals surface area contributed by atoms with Crippen LogP contribution in [0.1, 0.15) is 42.9 Å². The van der Waals surface area contributed by atoms with E-state index in [1.165, 1.54) is 30.4 Å². The van der Waals surface area contributed by atoms with Gasteiger partial charge in [0, 0.05) is 39.6 Å². The van der Waals surface area contributed by atoms with Crippen molar-refractivity contribution < 1.29 is 9.59 Å². The molecule has 0 bridgehead atoms. The molecule has 2 fully saturated rings. The maximum atomic E-state index is 12.7. The lowest BCUT2D eigenvalue weighted by molar-refractivity contribution is -0.135. The van der Waals surface area contributed by atoms with E-state index in [2.05, 4.69) is 30.1 Å². The molecule has 5 heteroatoms. The standard InChI is InChI=1S/C20H29N3O2/c1-21-11-7-6-10-18(21)17-9-5-4-8-15(17)13-23(3)20(25)16-12-19(24)22(2)14-16/h4-5,8-9,16,18H,6-7,10-14H2,1-3H3. The summed E-state index contributed by atoms with van der Waals surface area (Å²) in [6.07, 6.45) is 4.03. The molecule has 0 aliphatic carbocycles. The summed E-state index contributed by atoms with van der Waals surface area (Å²) >= 11 is 0. The van der Waals surface area contributed by atoms with E-state index >= 15 is 0 Å². The van der Waals surface area contributed by atoms with Crippen molar-refractivity contribution in [2.45, 2.75) is 38.3 Å². The van der Waals surface area contributed by atoms with Gasteiger partial charge in [-0.15, -0.1) is 0 Å². The molecular weight excluding hydrogens is 314 g/mol. The number of rotatable bonds is 4. The lowest BCUT2D eigenvalue weighted by atomic mass is 9.92. The molecule has 0 N–H and O–H groups in total. The highest BCUT2D eigenvalue weighted by Gasteiger charge is 2.34. The van der Waals surface area contributed by atoms with Gasteiger partial charge in [0.25, 0.3) is 0 Å². The van der Waals surface area contributed by atoms with E-state index in [4.69, 9.17) is 0 Å². The predicted molar refractivity (Wildman–Crippen MR) is 97.9 cm³/mol. The fourth-order valence-electron chi connectivity index (χ4n) is 4.15. The van der Waals surface area contributed by atoms with Gasteiger partial charge >= 0.3 is 0 Å². The first kappa shape index (κ1) is 17.9. The average Bonchev–Trinajstić information content (AvgIpc) is 2.94. The zero-order valence-electron chi connectivity index (χ0n) is 15.6. The minimum absolute atomic E-state index is 0.0657. The van der Waals surface area contributed by atoms with Crippen LogP contribution >= 0.6 is 0 Å². The highest BCUT2D eigenvalue weighted by atomic mass is 16.2. The number of benzene rings is 1. The number of carbonyl (C=O) groups is 2. The van der Waals surface area contributed by atoms with Crippen LogP contribution < -0.4 is 0 Å². The van der Waals surface area contributed by atoms with Gasteiger partial charge in [-0.2, -0.15) is 0 Å². The molecule has 1 aromatic carbocycles. The molecule has 2 saturated heterocycles. The fraction of sp³-hybridized carbons (Fsp3) is 0.600. The van der Waals surface area contributed by atoms with Crippen LogP contribution in [0.2, 0.25) is 0 Å². The van der Waals surface area contributed by atoms with Crippen molar-refractivity contribution in [1.29, 1.82) is 0 Å². The largest absolute Gasteiger partial charge is 0.345 e. The third-order valence-electron chi connectivity index (χ3n) is 5.66. The van der Waals surface area contributed by atoms with Crippen molar-refractivity contribution in [1.82, 2.24) is 14.7 Å². The number of carbonyl (C=O) groups excluding carboxylic acids is 2. The highest BCUT2D eigenvalue weighted by Crippen LogP contribution is 2.32. The summed E-state index contributed by atoms with van der Waals surface area (Å²) in [7, 11) is 5.81. The van der Waals surface area contributed by atoms with Crippen LogP contribution in [0.4, 0.5) is 0 Å². The monoisotopic (exact) mass is 343 g/mol. The summed E-state index contributed by atoms with van der Waals surface area (Å²) in [6.45, 7) is 2.27. The SMILES string of the molecule is CN1CC(C(=O)N(C)Cc2ccccc2C2CCCCN2C)CC1=O. The molecule has 2 unspecified atom stereocenters. The molecule has 25 heavy (non-hydrogen) atoms. The van der Waals surface area contributed by atoms with Crippen molar-refractivity contribution in [3.8, 4) is 0 Å². The summed E-state index contributed by atoms with van der Waals surface area (Å²) in [5.74, 6) is -0.0625. The van der Waals surface area contributed by atoms with Crippen LogP contribution in [0.15, 0.2) is 24.3 Å². The molecule has 2 amide bonds. The summed E-state index contributed by atoms with van der Waals surface area (Å²) in [6, 6.07) is 8.91. The zero-order valence-corrected chi connectivity index (χ0v) is 15.6. The van der Waals surface area contributed by atoms with Gasteiger partial charge in [-0.1, -0.05) is 30.7 Å². The van der Waals surface area contributed by atoms with Crippen LogP contribution in [0, 0.1) is 5.92 Å². The van der Waals surface area contributed by atoms with Crippen molar-refractivity contribution in [3.05, 3.63) is 35.4 Å². The molecule has 5 nitrogen and oxygen atoms in total. The minimum Gasteiger partial charge on any atom is -0.345 e. The average molecular weight is 343 g/mol. The van der Waals surface area contributed by atoms with Crippen molar-refractivity contribution in [2.24, 2.45) is 5.92 Å². The summed E-state index contributed by atoms with van der Waals surface area (Å²) in [4.78, 5) is 30.3. The fourth-order valence-corrected chi connectivity index (χ4v) is 4.15. The van der Waals surface area contributed by atoms with Gasteiger partial charge in [-0.05, 0) is 37.6 Å². The Morgan fingerprint density at radius 3 is 2.68 bits per heavy atom. The third-order valence-corrected chi connectivity index (χ3v) is 5.66. The van der Waals surface area contributed by atoms with E-state index in [1.807, 2.05) is 13.1 Å². The number of piperidine rings is 1. The first-order valence-corrected chi connectivity index (χ1v) is 9.24. The van der Waals surface area contributed by atoms with Crippen LogP contribution in [-0.2, 0) is 16.1 Å². The first-order chi connectivity index (χ1) is 12.0. The van der Waals surface area contributed by atoms with Gasteiger partial charge in [0.2, 0.25) is 11.8 Å². The number of amides is 2. The van der Waals surface area contributed by atoms with Gasteiger partial charge in [-0.3, -0.25) is 14.5 Å². The quantitative estimate of drug-likeness (QED) is 0.842. The van der Waals surface area contributed by atoms with Crippen LogP contribution in [0.5, 0.6) is 0 Å². The van der Waals surface area contributed by atoms with Gasteiger partial charge in [0.15, 0.2) is 0 Å². The van der Waals surface area contributed by atoms with Crippen molar-refractivity contribution in [2.75, 3.05) is 34.2 Å². The van der Waals surface area contributed by atoms with Gasteiger partial charge in [0.1, 0.15) is 0 Å². The van der Waals surface area contributed by atoms with Gasteiger partial charge in [-0.25, -0.2) is 0 Å². The second-order valence-electron chi connectivity index (χ2n) is 7.56. The maximum absolute atomic E-state index is 12.7. The topological polar surface area (TPSA) is 43.9 Å². The minimum atomic E-state index is -0.202. The maximum Gasteiger partial charge on any atom is 0.228 e. The molecule has 0 spiro atoms. The Morgan fingerprint density at radius 1 is 1.24 bits per heavy atom. The third kappa shape index (κ3) is 3.87. The molecule has 0 aromatic heterocycles. The predicted octanol–water partition coefficient (Wildman–Crippen LogP) is 2.28. The Bertz CT molecular complexity index is 646. The molecular formula is C20H29N3O2. The van der Waals surface area contributed by atoms with Crippen molar-refractivity contribution >= 4 is 11.8 Å². The second-order valence-corrected chi connectivity index (χ2v) is 7.56. The van der Waals surface area contributed by atoms with E-state index < -0.39 is 0 Å². The Labute approximate surface area is 150 Å². The molecule has 2 aliphatic rings. The van der Waals surface area contributed by atoms with E-state index in [9.17, 15) is 9.59 Å². The van der Waals surface area contributed by atoms with E-state index in [0.717, 1.165) is 6.54 Å². The highest BCUT2D eigenvalue weighted by molar-refractivity contribution is 5.89. The van der Waals surface area contributed by atoms with Gasteiger partial charge < -0.3 is 9.80 Å². The zero-order chi connectivity index (χ0) is 18.0. The number of hydrogen-bond acceptors (Lipinski definition) is 3. The second kappa shape index (κ2) is 7.56. The van der Waals surface area contributed by atoms with E-state index in [1.54, 1.807) is 16.8 Å². The summed E-state index contributed by atoms with van der Waals surface area (Å²) in [5, 5.41) is 0. The van der Waals surface area contributed by atoms with Crippen LogP contribution in [0.25, 0.3) is 0 Å². The molecule has 2 aliphatic heterocycles. The van der Waals surface area contributed by atoms with Crippen LogP contribution in [0.3, 0.4) is 0 Å². The first-order valence-electron chi connectivity index (χ1n) is 9.24. The molecule has 2 heterocycles. The van der Waals surface area contributed by atoms with Gasteiger partial charge in [0.05, 0.1) is 5.92 Å². The molecule has 1 aromatic rings. The molecule has 3 rings (SSSR count). The smallest absolute Gasteiger partial charge is 0.228 e. The van der Waals surface area contributed by atoms with E-state index in [-0.39, 0.29) is 17.7 Å². The summed E-state index contributed by atoms with van der Waals surface area (Å²) < 4.78 is 0. The Hall–Kier alpha value is -1.88. The molecule has 0 radical (unpaired) electrons. The van der Waals surface area contributed by atoms with Crippen molar-refractivity contribution in [3.63, 3.8) is 0 Å².